The predicted molar refractivity (Wildman–Crippen MR) is 117 cm³/mol. The molecule has 160 valence electrons. The summed E-state index contributed by atoms with van der Waals surface area (Å²) < 4.78 is 13.8. The maximum Gasteiger partial charge on any atom is 0.278 e. The third-order valence-corrected chi connectivity index (χ3v) is 5.68. The van der Waals surface area contributed by atoms with Gasteiger partial charge in [0.2, 0.25) is 5.91 Å². The molecule has 0 spiro atoms. The van der Waals surface area contributed by atoms with E-state index >= 15 is 0 Å². The van der Waals surface area contributed by atoms with Gasteiger partial charge in [0, 0.05) is 55.7 Å². The van der Waals surface area contributed by atoms with Crippen molar-refractivity contribution < 1.29 is 14.1 Å². The molecule has 4 rings (SSSR count). The van der Waals surface area contributed by atoms with Gasteiger partial charge in [-0.2, -0.15) is 0 Å². The number of nitrogens with zero attached hydrogens (tertiary/aromatic N) is 4. The molecule has 3 aromatic rings. The third kappa shape index (κ3) is 4.17. The molecular formula is C22H22FN5O3. The van der Waals surface area contributed by atoms with Crippen LogP contribution in [0, 0.1) is 15.9 Å². The van der Waals surface area contributed by atoms with Gasteiger partial charge >= 0.3 is 0 Å². The number of carbonyl (C=O) groups excluding carboxylic acids is 1. The Balaban J connectivity index is 1.45. The fourth-order valence-corrected chi connectivity index (χ4v) is 3.91. The molecule has 1 unspecified atom stereocenters. The number of halogens is 1. The first-order valence-corrected chi connectivity index (χ1v) is 10.0. The summed E-state index contributed by atoms with van der Waals surface area (Å²) in [6.45, 7) is 4.39. The van der Waals surface area contributed by atoms with Crippen LogP contribution in [0.2, 0.25) is 0 Å². The Bertz CT molecular complexity index is 1130. The van der Waals surface area contributed by atoms with Crippen LogP contribution in [-0.2, 0) is 4.79 Å². The Labute approximate surface area is 178 Å². The summed E-state index contributed by atoms with van der Waals surface area (Å²) in [5.74, 6) is -0.724. The molecule has 2 heterocycles. The lowest BCUT2D eigenvalue weighted by Crippen LogP contribution is -2.52. The van der Waals surface area contributed by atoms with Crippen LogP contribution in [-0.4, -0.2) is 52.9 Å². The van der Waals surface area contributed by atoms with Crippen molar-refractivity contribution in [2.75, 3.05) is 36.4 Å². The van der Waals surface area contributed by atoms with Gasteiger partial charge in [0.05, 0.1) is 22.0 Å². The Morgan fingerprint density at radius 1 is 1.13 bits per heavy atom. The SMILES string of the molecule is CC(C(=O)Nc1ccccc1F)N1CCN(c2ccc([N+](=O)[O-])c3cnccc23)CC1. The van der Waals surface area contributed by atoms with Gasteiger partial charge in [-0.15, -0.1) is 0 Å². The number of aromatic nitrogens is 1. The zero-order valence-electron chi connectivity index (χ0n) is 17.0. The van der Waals surface area contributed by atoms with E-state index in [9.17, 15) is 19.3 Å². The van der Waals surface area contributed by atoms with Crippen LogP contribution in [0.1, 0.15) is 6.92 Å². The number of para-hydroxylation sites is 1. The first kappa shape index (κ1) is 20.7. The smallest absolute Gasteiger partial charge is 0.278 e. The quantitative estimate of drug-likeness (QED) is 0.499. The maximum absolute atomic E-state index is 13.8. The number of pyridine rings is 1. The Hall–Kier alpha value is -3.59. The van der Waals surface area contributed by atoms with E-state index in [2.05, 4.69) is 15.2 Å². The van der Waals surface area contributed by atoms with Gasteiger partial charge in [0.1, 0.15) is 5.82 Å². The van der Waals surface area contributed by atoms with E-state index in [0.717, 1.165) is 11.1 Å². The number of hydrogen-bond donors (Lipinski definition) is 1. The highest BCUT2D eigenvalue weighted by Crippen LogP contribution is 2.33. The summed E-state index contributed by atoms with van der Waals surface area (Å²) >= 11 is 0. The molecule has 31 heavy (non-hydrogen) atoms. The van der Waals surface area contributed by atoms with Crippen molar-refractivity contribution in [3.8, 4) is 0 Å². The minimum Gasteiger partial charge on any atom is -0.368 e. The highest BCUT2D eigenvalue weighted by Gasteiger charge is 2.27. The number of non-ortho nitro benzene ring substituents is 1. The zero-order chi connectivity index (χ0) is 22.0. The van der Waals surface area contributed by atoms with Crippen LogP contribution < -0.4 is 10.2 Å². The molecule has 0 saturated carbocycles. The number of fused-ring (bicyclic) bond motifs is 1. The molecule has 1 atom stereocenters. The molecule has 1 N–H and O–H groups in total. The number of hydrogen-bond acceptors (Lipinski definition) is 6. The van der Waals surface area contributed by atoms with E-state index in [4.69, 9.17) is 0 Å². The van der Waals surface area contributed by atoms with Gasteiger partial charge < -0.3 is 10.2 Å². The molecular weight excluding hydrogens is 401 g/mol. The molecule has 0 bridgehead atoms. The summed E-state index contributed by atoms with van der Waals surface area (Å²) in [6, 6.07) is 10.7. The van der Waals surface area contributed by atoms with Crippen molar-refractivity contribution in [3.05, 3.63) is 70.8 Å². The van der Waals surface area contributed by atoms with Crippen LogP contribution >= 0.6 is 0 Å². The van der Waals surface area contributed by atoms with E-state index in [1.807, 2.05) is 4.90 Å². The van der Waals surface area contributed by atoms with E-state index in [-0.39, 0.29) is 17.3 Å². The first-order chi connectivity index (χ1) is 15.0. The van der Waals surface area contributed by atoms with Gasteiger partial charge in [-0.1, -0.05) is 12.1 Å². The number of amides is 1. The maximum atomic E-state index is 13.8. The van der Waals surface area contributed by atoms with Crippen molar-refractivity contribution >= 4 is 33.7 Å². The number of carbonyl (C=O) groups is 1. The number of anilines is 2. The molecule has 1 aromatic heterocycles. The second-order valence-electron chi connectivity index (χ2n) is 7.45. The molecule has 0 aliphatic carbocycles. The van der Waals surface area contributed by atoms with Crippen molar-refractivity contribution in [2.24, 2.45) is 0 Å². The van der Waals surface area contributed by atoms with Crippen molar-refractivity contribution in [1.82, 2.24) is 9.88 Å². The fourth-order valence-electron chi connectivity index (χ4n) is 3.91. The summed E-state index contributed by atoms with van der Waals surface area (Å²) in [6.07, 6.45) is 3.14. The van der Waals surface area contributed by atoms with E-state index < -0.39 is 16.8 Å². The lowest BCUT2D eigenvalue weighted by molar-refractivity contribution is -0.383. The summed E-state index contributed by atoms with van der Waals surface area (Å²) in [7, 11) is 0. The molecule has 0 radical (unpaired) electrons. The summed E-state index contributed by atoms with van der Waals surface area (Å²) in [5, 5.41) is 15.3. The van der Waals surface area contributed by atoms with Crippen LogP contribution in [0.3, 0.4) is 0 Å². The minimum atomic E-state index is -0.465. The van der Waals surface area contributed by atoms with Gasteiger partial charge in [-0.05, 0) is 31.2 Å². The molecule has 1 aliphatic rings. The average Bonchev–Trinajstić information content (AvgIpc) is 2.79. The normalized spacial score (nSPS) is 15.6. The highest BCUT2D eigenvalue weighted by atomic mass is 19.1. The lowest BCUT2D eigenvalue weighted by atomic mass is 10.1. The molecule has 1 fully saturated rings. The van der Waals surface area contributed by atoms with E-state index in [0.29, 0.717) is 31.6 Å². The van der Waals surface area contributed by atoms with Gasteiger partial charge in [-0.25, -0.2) is 4.39 Å². The highest BCUT2D eigenvalue weighted by molar-refractivity contribution is 5.99. The Kier molecular flexibility index (Phi) is 5.77. The van der Waals surface area contributed by atoms with Crippen LogP contribution in [0.4, 0.5) is 21.5 Å². The fraction of sp³-hybridized carbons (Fsp3) is 0.273. The first-order valence-electron chi connectivity index (χ1n) is 10.0. The van der Waals surface area contributed by atoms with Crippen molar-refractivity contribution in [1.29, 1.82) is 0 Å². The molecule has 1 saturated heterocycles. The summed E-state index contributed by atoms with van der Waals surface area (Å²) in [5.41, 5.74) is 1.11. The molecule has 1 aliphatic heterocycles. The molecule has 1 amide bonds. The second kappa shape index (κ2) is 8.65. The van der Waals surface area contributed by atoms with Crippen molar-refractivity contribution in [2.45, 2.75) is 13.0 Å². The standard InChI is InChI=1S/C22H22FN5O3/c1-15(22(29)25-19-5-3-2-4-18(19)23)26-10-12-27(13-11-26)20-6-7-21(28(30)31)17-14-24-9-8-16(17)20/h2-9,14-15H,10-13H2,1H3,(H,25,29). The van der Waals surface area contributed by atoms with Crippen LogP contribution in [0.5, 0.6) is 0 Å². The topological polar surface area (TPSA) is 91.6 Å². The Morgan fingerprint density at radius 3 is 2.58 bits per heavy atom. The number of nitro groups is 1. The van der Waals surface area contributed by atoms with E-state index in [1.54, 1.807) is 37.4 Å². The van der Waals surface area contributed by atoms with Gasteiger partial charge in [0.15, 0.2) is 0 Å². The summed E-state index contributed by atoms with van der Waals surface area (Å²) in [4.78, 5) is 31.8. The monoisotopic (exact) mass is 423 g/mol. The Morgan fingerprint density at radius 2 is 1.87 bits per heavy atom. The second-order valence-corrected chi connectivity index (χ2v) is 7.45. The molecule has 2 aromatic carbocycles. The number of benzene rings is 2. The van der Waals surface area contributed by atoms with Crippen LogP contribution in [0.15, 0.2) is 54.9 Å². The number of nitro benzene ring substituents is 1. The zero-order valence-corrected chi connectivity index (χ0v) is 17.0. The molecule has 8 nitrogen and oxygen atoms in total. The third-order valence-electron chi connectivity index (χ3n) is 5.68. The van der Waals surface area contributed by atoms with Crippen LogP contribution in [0.25, 0.3) is 10.8 Å². The number of piperazine rings is 1. The van der Waals surface area contributed by atoms with Gasteiger partial charge in [-0.3, -0.25) is 24.8 Å². The predicted octanol–water partition coefficient (Wildman–Crippen LogP) is 3.43. The number of nitrogens with one attached hydrogen (secondary N) is 1. The number of rotatable bonds is 5. The minimum absolute atomic E-state index is 0.0314. The lowest BCUT2D eigenvalue weighted by Gasteiger charge is -2.38. The van der Waals surface area contributed by atoms with Crippen molar-refractivity contribution in [3.63, 3.8) is 0 Å². The molecule has 9 heteroatoms. The van der Waals surface area contributed by atoms with Gasteiger partial charge in [0.25, 0.3) is 5.69 Å². The largest absolute Gasteiger partial charge is 0.368 e. The average molecular weight is 423 g/mol. The van der Waals surface area contributed by atoms with E-state index in [1.165, 1.54) is 24.4 Å².